The van der Waals surface area contributed by atoms with E-state index in [1.54, 1.807) is 0 Å². The molecule has 0 aromatic carbocycles. The number of aliphatic imine (C=N–C) groups is 1. The monoisotopic (exact) mass is 303 g/mol. The average Bonchev–Trinajstić information content (AvgIpc) is 3.11. The lowest BCUT2D eigenvalue weighted by Gasteiger charge is -2.07. The van der Waals surface area contributed by atoms with Crippen LogP contribution in [-0.4, -0.2) is 12.8 Å². The largest absolute Gasteiger partial charge is 0.297 e. The lowest BCUT2D eigenvalue weighted by Crippen LogP contribution is -1.99. The summed E-state index contributed by atoms with van der Waals surface area (Å²) in [6, 6.07) is 0. The van der Waals surface area contributed by atoms with Gasteiger partial charge in [0.05, 0.1) is 0 Å². The van der Waals surface area contributed by atoms with Crippen molar-refractivity contribution in [1.29, 1.82) is 0 Å². The predicted molar refractivity (Wildman–Crippen MR) is 101 cm³/mol. The summed E-state index contributed by atoms with van der Waals surface area (Å²) < 4.78 is 0. The Morgan fingerprint density at radius 2 is 1.77 bits per heavy atom. The number of unbranched alkanes of at least 4 members (excludes halogenated alkanes) is 6. The van der Waals surface area contributed by atoms with Crippen LogP contribution >= 0.6 is 0 Å². The molecule has 0 spiro atoms. The molecule has 1 aliphatic rings. The Hall–Kier alpha value is -0.850. The number of rotatable bonds is 13. The van der Waals surface area contributed by atoms with E-state index < -0.39 is 0 Å². The number of hydrogen-bond donors (Lipinski definition) is 0. The maximum absolute atomic E-state index is 4.67. The van der Waals surface area contributed by atoms with Crippen molar-refractivity contribution in [2.24, 2.45) is 16.3 Å². The minimum atomic E-state index is 0.542. The Balaban J connectivity index is 1.96. The van der Waals surface area contributed by atoms with Crippen molar-refractivity contribution in [3.8, 4) is 0 Å². The van der Waals surface area contributed by atoms with Crippen molar-refractivity contribution < 1.29 is 0 Å². The van der Waals surface area contributed by atoms with Gasteiger partial charge in [-0.1, -0.05) is 50.3 Å². The summed E-state index contributed by atoms with van der Waals surface area (Å²) in [5.74, 6) is 0.747. The molecule has 22 heavy (non-hydrogen) atoms. The lowest BCUT2D eigenvalue weighted by molar-refractivity contribution is 0.504. The summed E-state index contributed by atoms with van der Waals surface area (Å²) in [5, 5.41) is 0. The lowest BCUT2D eigenvalue weighted by atomic mass is 9.99. The molecule has 1 saturated carbocycles. The predicted octanol–water partition coefficient (Wildman–Crippen LogP) is 6.75. The van der Waals surface area contributed by atoms with Crippen molar-refractivity contribution in [2.75, 3.05) is 6.54 Å². The summed E-state index contributed by atoms with van der Waals surface area (Å²) in [4.78, 5) is 4.67. The average molecular weight is 304 g/mol. The van der Waals surface area contributed by atoms with E-state index in [-0.39, 0.29) is 0 Å². The van der Waals surface area contributed by atoms with E-state index in [2.05, 4.69) is 44.6 Å². The third kappa shape index (κ3) is 8.56. The molecule has 0 radical (unpaired) electrons. The van der Waals surface area contributed by atoms with Crippen molar-refractivity contribution in [2.45, 2.75) is 85.0 Å². The summed E-state index contributed by atoms with van der Waals surface area (Å²) in [7, 11) is 0. The Labute approximate surface area is 139 Å². The zero-order valence-electron chi connectivity index (χ0n) is 15.2. The number of allylic oxidation sites excluding steroid dienone is 3. The van der Waals surface area contributed by atoms with E-state index in [0.717, 1.165) is 12.5 Å². The molecule has 1 heteroatoms. The Bertz CT molecular complexity index is 362. The molecule has 1 rings (SSSR count). The van der Waals surface area contributed by atoms with Crippen LogP contribution in [0, 0.1) is 11.3 Å². The van der Waals surface area contributed by atoms with Crippen LogP contribution in [-0.2, 0) is 0 Å². The minimum absolute atomic E-state index is 0.542. The normalized spacial score (nSPS) is 23.7. The van der Waals surface area contributed by atoms with Crippen LogP contribution in [0.15, 0.2) is 29.3 Å². The van der Waals surface area contributed by atoms with Crippen molar-refractivity contribution in [3.63, 3.8) is 0 Å². The highest BCUT2D eigenvalue weighted by molar-refractivity contribution is 5.66. The summed E-state index contributed by atoms with van der Waals surface area (Å²) in [6.45, 7) is 11.6. The zero-order valence-corrected chi connectivity index (χ0v) is 15.2. The van der Waals surface area contributed by atoms with Gasteiger partial charge in [-0.05, 0) is 63.7 Å². The first kappa shape index (κ1) is 19.2. The second-order valence-electron chi connectivity index (χ2n) is 7.54. The van der Waals surface area contributed by atoms with Gasteiger partial charge in [-0.3, -0.25) is 4.99 Å². The first-order valence-electron chi connectivity index (χ1n) is 9.33. The van der Waals surface area contributed by atoms with Gasteiger partial charge in [0.25, 0.3) is 0 Å². The van der Waals surface area contributed by atoms with Crippen LogP contribution in [0.25, 0.3) is 0 Å². The maximum atomic E-state index is 4.67. The van der Waals surface area contributed by atoms with Crippen molar-refractivity contribution >= 4 is 6.21 Å². The zero-order chi connectivity index (χ0) is 16.3. The van der Waals surface area contributed by atoms with Gasteiger partial charge in [0, 0.05) is 12.8 Å². The second kappa shape index (κ2) is 10.8. The molecule has 0 bridgehead atoms. The fraction of sp³-hybridized carbons (Fsp3) is 0.762. The molecule has 1 aliphatic carbocycles. The molecule has 1 nitrogen and oxygen atoms in total. The van der Waals surface area contributed by atoms with E-state index in [1.165, 1.54) is 69.8 Å². The molecule has 0 aliphatic heterocycles. The second-order valence-corrected chi connectivity index (χ2v) is 7.54. The SMILES string of the molecule is C=CCCCCCCCCN=CC1CC1(C)CCC=C(C)C. The number of nitrogens with zero attached hydrogens (tertiary/aromatic N) is 1. The molecular weight excluding hydrogens is 266 g/mol. The number of hydrogen-bond acceptors (Lipinski definition) is 1. The van der Waals surface area contributed by atoms with Crippen LogP contribution in [0.3, 0.4) is 0 Å². The Kier molecular flexibility index (Phi) is 9.43. The topological polar surface area (TPSA) is 12.4 Å². The smallest absolute Gasteiger partial charge is 0.0385 e. The summed E-state index contributed by atoms with van der Waals surface area (Å²) in [5.41, 5.74) is 1.99. The van der Waals surface area contributed by atoms with Crippen LogP contribution < -0.4 is 0 Å². The third-order valence-electron chi connectivity index (χ3n) is 4.92. The Morgan fingerprint density at radius 3 is 2.45 bits per heavy atom. The van der Waals surface area contributed by atoms with Gasteiger partial charge < -0.3 is 0 Å². The van der Waals surface area contributed by atoms with Gasteiger partial charge >= 0.3 is 0 Å². The maximum Gasteiger partial charge on any atom is 0.0385 e. The van der Waals surface area contributed by atoms with Crippen LogP contribution in [0.2, 0.25) is 0 Å². The fourth-order valence-corrected chi connectivity index (χ4v) is 3.05. The molecule has 2 unspecified atom stereocenters. The van der Waals surface area contributed by atoms with E-state index in [4.69, 9.17) is 0 Å². The first-order valence-corrected chi connectivity index (χ1v) is 9.33. The summed E-state index contributed by atoms with van der Waals surface area (Å²) >= 11 is 0. The van der Waals surface area contributed by atoms with Crippen LogP contribution in [0.4, 0.5) is 0 Å². The van der Waals surface area contributed by atoms with E-state index in [0.29, 0.717) is 5.41 Å². The molecule has 2 atom stereocenters. The van der Waals surface area contributed by atoms with Gasteiger partial charge in [-0.25, -0.2) is 0 Å². The van der Waals surface area contributed by atoms with Gasteiger partial charge in [0.15, 0.2) is 0 Å². The van der Waals surface area contributed by atoms with E-state index in [1.807, 2.05) is 6.08 Å². The standard InChI is InChI=1S/C21H37N/c1-5-6-7-8-9-10-11-12-16-22-18-20-17-21(20,4)15-13-14-19(2)3/h5,14,18,20H,1,6-13,15-17H2,2-4H3. The molecule has 0 saturated heterocycles. The summed E-state index contributed by atoms with van der Waals surface area (Å²) in [6.07, 6.45) is 19.8. The minimum Gasteiger partial charge on any atom is -0.297 e. The van der Waals surface area contributed by atoms with Crippen LogP contribution in [0.1, 0.15) is 85.0 Å². The van der Waals surface area contributed by atoms with E-state index in [9.17, 15) is 0 Å². The molecule has 0 N–H and O–H groups in total. The van der Waals surface area contributed by atoms with E-state index >= 15 is 0 Å². The molecule has 1 fully saturated rings. The highest BCUT2D eigenvalue weighted by Crippen LogP contribution is 2.54. The quantitative estimate of drug-likeness (QED) is 0.203. The van der Waals surface area contributed by atoms with Gasteiger partial charge in [0.2, 0.25) is 0 Å². The van der Waals surface area contributed by atoms with Gasteiger partial charge in [0.1, 0.15) is 0 Å². The van der Waals surface area contributed by atoms with Crippen LogP contribution in [0.5, 0.6) is 0 Å². The highest BCUT2D eigenvalue weighted by atomic mass is 14.7. The fourth-order valence-electron chi connectivity index (χ4n) is 3.05. The molecule has 0 aromatic rings. The van der Waals surface area contributed by atoms with Crippen molar-refractivity contribution in [1.82, 2.24) is 0 Å². The Morgan fingerprint density at radius 1 is 1.09 bits per heavy atom. The van der Waals surface area contributed by atoms with Gasteiger partial charge in [-0.2, -0.15) is 0 Å². The first-order chi connectivity index (χ1) is 10.6. The third-order valence-corrected chi connectivity index (χ3v) is 4.92. The van der Waals surface area contributed by atoms with Crippen molar-refractivity contribution in [3.05, 3.63) is 24.3 Å². The molecule has 0 heterocycles. The highest BCUT2D eigenvalue weighted by Gasteiger charge is 2.47. The molecule has 0 aromatic heterocycles. The molecule has 0 amide bonds. The van der Waals surface area contributed by atoms with Gasteiger partial charge in [-0.15, -0.1) is 6.58 Å². The molecule has 126 valence electrons. The molecular formula is C21H37N.